The molecule has 2 unspecified atom stereocenters. The highest BCUT2D eigenvalue weighted by Gasteiger charge is 2.58. The maximum atomic E-state index is 11.1. The van der Waals surface area contributed by atoms with Crippen LogP contribution in [0.2, 0.25) is 0 Å². The molecular weight excluding hydrogens is 378 g/mol. The number of benzene rings is 1. The summed E-state index contributed by atoms with van der Waals surface area (Å²) in [4.78, 5) is 3.07. The average molecular weight is 410 g/mol. The first-order valence-corrected chi connectivity index (χ1v) is 11.7. The first-order valence-electron chi connectivity index (χ1n) is 11.7. The Hall–Kier alpha value is -1.91. The normalized spacial score (nSPS) is 43.3. The zero-order valence-electron chi connectivity index (χ0n) is 17.5. The lowest BCUT2D eigenvalue weighted by atomic mass is 9.43. The average Bonchev–Trinajstić information content (AvgIpc) is 2.71. The van der Waals surface area contributed by atoms with E-state index in [0.717, 1.165) is 37.0 Å². The molecule has 5 saturated carbocycles. The highest BCUT2D eigenvalue weighted by Crippen LogP contribution is 2.66. The summed E-state index contributed by atoms with van der Waals surface area (Å²) in [6.45, 7) is 1.29. The molecule has 0 aromatic heterocycles. The SMILES string of the molecule is [N-]=[N+]=NCC12C[C@H]3C[C@@H](C1)CC(c1cc(O)c4c(c1)OC[C@@H]1CC[C@@H](O)C[C@@H]41)(C3)C2. The molecule has 6 nitrogen and oxygen atoms in total. The Labute approximate surface area is 177 Å². The van der Waals surface area contributed by atoms with Gasteiger partial charge in [0.25, 0.3) is 0 Å². The van der Waals surface area contributed by atoms with Crippen LogP contribution in [0.3, 0.4) is 0 Å². The number of aromatic hydroxyl groups is 1. The maximum absolute atomic E-state index is 11.1. The van der Waals surface area contributed by atoms with Crippen molar-refractivity contribution in [1.29, 1.82) is 0 Å². The maximum Gasteiger partial charge on any atom is 0.126 e. The lowest BCUT2D eigenvalue weighted by Crippen LogP contribution is -2.55. The van der Waals surface area contributed by atoms with E-state index in [9.17, 15) is 10.2 Å². The van der Waals surface area contributed by atoms with Crippen LogP contribution >= 0.6 is 0 Å². The van der Waals surface area contributed by atoms with Crippen LogP contribution in [0.4, 0.5) is 0 Å². The van der Waals surface area contributed by atoms with Gasteiger partial charge in [-0.15, -0.1) is 0 Å². The number of hydrogen-bond acceptors (Lipinski definition) is 4. The Morgan fingerprint density at radius 2 is 1.93 bits per heavy atom. The fraction of sp³-hybridized carbons (Fsp3) is 0.750. The van der Waals surface area contributed by atoms with Crippen molar-refractivity contribution in [3.8, 4) is 11.5 Å². The van der Waals surface area contributed by atoms with Gasteiger partial charge in [0.1, 0.15) is 11.5 Å². The van der Waals surface area contributed by atoms with E-state index in [1.54, 1.807) is 0 Å². The molecule has 0 saturated heterocycles. The Morgan fingerprint density at radius 3 is 2.70 bits per heavy atom. The summed E-state index contributed by atoms with van der Waals surface area (Å²) in [7, 11) is 0. The molecule has 7 rings (SSSR count). The number of nitrogens with zero attached hydrogens (tertiary/aromatic N) is 3. The van der Waals surface area contributed by atoms with Crippen molar-refractivity contribution < 1.29 is 14.9 Å². The third-order valence-electron chi connectivity index (χ3n) is 9.17. The van der Waals surface area contributed by atoms with E-state index in [1.165, 1.54) is 37.7 Å². The minimum atomic E-state index is -0.278. The van der Waals surface area contributed by atoms with E-state index in [2.05, 4.69) is 16.1 Å². The van der Waals surface area contributed by atoms with Crippen molar-refractivity contribution in [2.24, 2.45) is 28.3 Å². The molecule has 1 heterocycles. The molecule has 0 radical (unpaired) electrons. The van der Waals surface area contributed by atoms with Crippen LogP contribution in [0.1, 0.15) is 74.8 Å². The number of fused-ring (bicyclic) bond motifs is 3. The summed E-state index contributed by atoms with van der Waals surface area (Å²) < 4.78 is 6.19. The summed E-state index contributed by atoms with van der Waals surface area (Å²) in [5, 5.41) is 25.4. The second kappa shape index (κ2) is 6.54. The number of azide groups is 1. The molecule has 0 amide bonds. The van der Waals surface area contributed by atoms with Gasteiger partial charge < -0.3 is 14.9 Å². The van der Waals surface area contributed by atoms with Crippen molar-refractivity contribution >= 4 is 0 Å². The Kier molecular flexibility index (Phi) is 4.11. The Balaban J connectivity index is 1.39. The molecule has 6 heteroatoms. The lowest BCUT2D eigenvalue weighted by Gasteiger charge is -2.62. The van der Waals surface area contributed by atoms with Crippen LogP contribution in [0.25, 0.3) is 10.4 Å². The van der Waals surface area contributed by atoms with Gasteiger partial charge in [-0.1, -0.05) is 5.11 Å². The highest BCUT2D eigenvalue weighted by molar-refractivity contribution is 5.53. The van der Waals surface area contributed by atoms with E-state index >= 15 is 0 Å². The Morgan fingerprint density at radius 1 is 1.13 bits per heavy atom. The van der Waals surface area contributed by atoms with Crippen molar-refractivity contribution in [2.75, 3.05) is 13.2 Å². The van der Waals surface area contributed by atoms with E-state index in [1.807, 2.05) is 6.07 Å². The zero-order valence-corrected chi connectivity index (χ0v) is 17.5. The van der Waals surface area contributed by atoms with Crippen molar-refractivity contribution in [1.82, 2.24) is 0 Å². The largest absolute Gasteiger partial charge is 0.508 e. The van der Waals surface area contributed by atoms with E-state index in [0.29, 0.717) is 36.7 Å². The fourth-order valence-electron chi connectivity index (χ4n) is 8.53. The molecule has 0 spiro atoms. The molecule has 4 bridgehead atoms. The molecule has 30 heavy (non-hydrogen) atoms. The van der Waals surface area contributed by atoms with Crippen LogP contribution in [0, 0.1) is 23.2 Å². The molecule has 7 atom stereocenters. The van der Waals surface area contributed by atoms with Gasteiger partial charge in [-0.25, -0.2) is 0 Å². The summed E-state index contributed by atoms with van der Waals surface area (Å²) in [5.74, 6) is 3.16. The predicted molar refractivity (Wildman–Crippen MR) is 112 cm³/mol. The second-order valence-corrected chi connectivity index (χ2v) is 11.2. The molecule has 5 aliphatic carbocycles. The van der Waals surface area contributed by atoms with Gasteiger partial charge in [-0.05, 0) is 110 Å². The monoisotopic (exact) mass is 409 g/mol. The zero-order chi connectivity index (χ0) is 20.5. The minimum Gasteiger partial charge on any atom is -0.508 e. The fourth-order valence-corrected chi connectivity index (χ4v) is 8.53. The van der Waals surface area contributed by atoms with Gasteiger partial charge in [-0.2, -0.15) is 0 Å². The summed E-state index contributed by atoms with van der Waals surface area (Å²) in [6.07, 6.45) is 9.29. The first kappa shape index (κ1) is 18.8. The van der Waals surface area contributed by atoms with Crippen molar-refractivity contribution in [3.63, 3.8) is 0 Å². The van der Waals surface area contributed by atoms with Crippen LogP contribution in [-0.4, -0.2) is 29.5 Å². The van der Waals surface area contributed by atoms with Gasteiger partial charge in [0, 0.05) is 22.9 Å². The molecule has 2 N–H and O–H groups in total. The van der Waals surface area contributed by atoms with E-state index in [-0.39, 0.29) is 22.9 Å². The van der Waals surface area contributed by atoms with Gasteiger partial charge >= 0.3 is 0 Å². The predicted octanol–water partition coefficient (Wildman–Crippen LogP) is 5.18. The number of phenols is 1. The summed E-state index contributed by atoms with van der Waals surface area (Å²) in [5.41, 5.74) is 11.2. The molecule has 6 aliphatic rings. The molecule has 1 aromatic carbocycles. The molecule has 160 valence electrons. The van der Waals surface area contributed by atoms with Gasteiger partial charge in [0.05, 0.1) is 12.7 Å². The standard InChI is InChI=1S/C24H31N3O3/c25-27-26-13-23-7-14-3-15(8-23)10-24(9-14,12-23)17-4-20(29)22-19-6-18(28)2-1-16(19)11-30-21(22)5-17/h4-5,14-16,18-19,28-29H,1-3,6-13H2/t14-,15+,16-,18+,19+,23?,24?/m0/s1. The second-order valence-electron chi connectivity index (χ2n) is 11.2. The van der Waals surface area contributed by atoms with E-state index < -0.39 is 0 Å². The summed E-state index contributed by atoms with van der Waals surface area (Å²) >= 11 is 0. The summed E-state index contributed by atoms with van der Waals surface area (Å²) in [6, 6.07) is 4.22. The number of hydrogen-bond donors (Lipinski definition) is 2. The third-order valence-corrected chi connectivity index (χ3v) is 9.17. The van der Waals surface area contributed by atoms with Crippen molar-refractivity contribution in [3.05, 3.63) is 33.7 Å². The topological polar surface area (TPSA) is 98.5 Å². The lowest BCUT2D eigenvalue weighted by molar-refractivity contribution is -0.0667. The van der Waals surface area contributed by atoms with Gasteiger partial charge in [0.15, 0.2) is 0 Å². The first-order chi connectivity index (χ1) is 14.5. The van der Waals surface area contributed by atoms with E-state index in [4.69, 9.17) is 10.3 Å². The van der Waals surface area contributed by atoms with Gasteiger partial charge in [0.2, 0.25) is 0 Å². The van der Waals surface area contributed by atoms with Crippen LogP contribution in [0.5, 0.6) is 11.5 Å². The number of ether oxygens (including phenoxy) is 1. The molecule has 5 fully saturated rings. The molecule has 1 aromatic rings. The molecular formula is C24H31N3O3. The molecule has 1 aliphatic heterocycles. The van der Waals surface area contributed by atoms with Crippen LogP contribution < -0.4 is 4.74 Å². The van der Waals surface area contributed by atoms with Crippen LogP contribution in [-0.2, 0) is 5.41 Å². The number of phenolic OH excluding ortho intramolecular Hbond substituents is 1. The number of rotatable bonds is 3. The highest BCUT2D eigenvalue weighted by atomic mass is 16.5. The minimum absolute atomic E-state index is 0.0633. The Bertz CT molecular complexity index is 911. The smallest absolute Gasteiger partial charge is 0.126 e. The van der Waals surface area contributed by atoms with Crippen LogP contribution in [0.15, 0.2) is 17.2 Å². The van der Waals surface area contributed by atoms with Gasteiger partial charge in [-0.3, -0.25) is 0 Å². The third kappa shape index (κ3) is 2.76. The van der Waals surface area contributed by atoms with Crippen molar-refractivity contribution in [2.45, 2.75) is 75.2 Å². The quantitative estimate of drug-likeness (QED) is 0.409. The number of aliphatic hydroxyl groups excluding tert-OH is 1. The number of aliphatic hydroxyl groups is 1.